The number of hydrogen-bond acceptors (Lipinski definition) is 3. The Morgan fingerprint density at radius 2 is 2.00 bits per heavy atom. The van der Waals surface area contributed by atoms with Crippen molar-refractivity contribution in [2.75, 3.05) is 13.2 Å². The maximum atomic E-state index is 13.5. The number of esters is 1. The summed E-state index contributed by atoms with van der Waals surface area (Å²) in [5, 5.41) is 2.77. The first-order valence-electron chi connectivity index (χ1n) is 7.45. The fourth-order valence-electron chi connectivity index (χ4n) is 2.56. The van der Waals surface area contributed by atoms with E-state index < -0.39 is 18.4 Å². The van der Waals surface area contributed by atoms with E-state index in [1.807, 2.05) is 0 Å². The fraction of sp³-hybridized carbons (Fsp3) is 0.500. The van der Waals surface area contributed by atoms with Gasteiger partial charge in [0.15, 0.2) is 6.61 Å². The molecule has 1 saturated carbocycles. The van der Waals surface area contributed by atoms with Crippen molar-refractivity contribution in [1.82, 2.24) is 5.32 Å². The molecule has 120 valence electrons. The molecule has 1 fully saturated rings. The predicted molar refractivity (Wildman–Crippen MR) is 84.0 cm³/mol. The van der Waals surface area contributed by atoms with E-state index in [9.17, 15) is 14.0 Å². The molecule has 0 atom stereocenters. The minimum atomic E-state index is -0.841. The lowest BCUT2D eigenvalue weighted by atomic mass is 9.89. The zero-order valence-corrected chi connectivity index (χ0v) is 13.8. The number of carbonyl (C=O) groups is 2. The lowest BCUT2D eigenvalue weighted by Gasteiger charge is -2.21. The van der Waals surface area contributed by atoms with Gasteiger partial charge in [-0.25, -0.2) is 9.18 Å². The van der Waals surface area contributed by atoms with E-state index in [1.165, 1.54) is 37.5 Å². The number of benzene rings is 1. The highest BCUT2D eigenvalue weighted by molar-refractivity contribution is 9.10. The van der Waals surface area contributed by atoms with E-state index in [0.717, 1.165) is 12.8 Å². The van der Waals surface area contributed by atoms with Crippen LogP contribution in [0.25, 0.3) is 0 Å². The number of ether oxygens (including phenoxy) is 1. The van der Waals surface area contributed by atoms with Crippen LogP contribution in [0.1, 0.15) is 42.5 Å². The zero-order chi connectivity index (χ0) is 15.9. The highest BCUT2D eigenvalue weighted by Crippen LogP contribution is 2.22. The predicted octanol–water partition coefficient (Wildman–Crippen LogP) is 3.44. The van der Waals surface area contributed by atoms with Gasteiger partial charge in [-0.2, -0.15) is 0 Å². The average molecular weight is 372 g/mol. The summed E-state index contributed by atoms with van der Waals surface area (Å²) in [6, 6.07) is 3.99. The molecule has 1 aliphatic carbocycles. The van der Waals surface area contributed by atoms with E-state index in [4.69, 9.17) is 4.74 Å². The summed E-state index contributed by atoms with van der Waals surface area (Å²) in [6.45, 7) is 0.221. The molecule has 0 bridgehead atoms. The summed E-state index contributed by atoms with van der Waals surface area (Å²) in [6.07, 6.45) is 5.93. The van der Waals surface area contributed by atoms with Crippen LogP contribution in [-0.2, 0) is 9.53 Å². The number of carbonyl (C=O) groups excluding carboxylic acids is 2. The normalized spacial score (nSPS) is 15.4. The van der Waals surface area contributed by atoms with Crippen LogP contribution < -0.4 is 5.32 Å². The smallest absolute Gasteiger partial charge is 0.341 e. The molecule has 1 aromatic carbocycles. The molecule has 1 aliphatic rings. The molecule has 2 rings (SSSR count). The van der Waals surface area contributed by atoms with Gasteiger partial charge in [0, 0.05) is 11.0 Å². The summed E-state index contributed by atoms with van der Waals surface area (Å²) < 4.78 is 18.9. The average Bonchev–Trinajstić information content (AvgIpc) is 2.54. The molecule has 0 spiro atoms. The standard InChI is InChI=1S/C16H19BrFNO3/c17-12-6-7-14(18)13(8-12)16(21)22-10-15(20)19-9-11-4-2-1-3-5-11/h6-8,11H,1-5,9-10H2,(H,19,20). The lowest BCUT2D eigenvalue weighted by Crippen LogP contribution is -2.33. The first-order chi connectivity index (χ1) is 10.6. The molecule has 0 saturated heterocycles. The van der Waals surface area contributed by atoms with Crippen molar-refractivity contribution in [3.05, 3.63) is 34.1 Å². The van der Waals surface area contributed by atoms with Crippen LogP contribution in [0.15, 0.2) is 22.7 Å². The molecule has 0 radical (unpaired) electrons. The van der Waals surface area contributed by atoms with Crippen LogP contribution in [0.5, 0.6) is 0 Å². The molecule has 0 heterocycles. The van der Waals surface area contributed by atoms with Gasteiger partial charge < -0.3 is 10.1 Å². The second-order valence-corrected chi connectivity index (χ2v) is 6.42. The van der Waals surface area contributed by atoms with Crippen LogP contribution in [0.4, 0.5) is 4.39 Å². The van der Waals surface area contributed by atoms with E-state index in [0.29, 0.717) is 16.9 Å². The van der Waals surface area contributed by atoms with Crippen molar-refractivity contribution in [1.29, 1.82) is 0 Å². The van der Waals surface area contributed by atoms with Gasteiger partial charge in [-0.05, 0) is 37.0 Å². The van der Waals surface area contributed by atoms with E-state index in [-0.39, 0.29) is 11.5 Å². The first-order valence-corrected chi connectivity index (χ1v) is 8.24. The Kier molecular flexibility index (Phi) is 6.36. The topological polar surface area (TPSA) is 55.4 Å². The van der Waals surface area contributed by atoms with Crippen LogP contribution in [-0.4, -0.2) is 25.0 Å². The van der Waals surface area contributed by atoms with Crippen molar-refractivity contribution in [3.63, 3.8) is 0 Å². The second kappa shape index (κ2) is 8.27. The maximum absolute atomic E-state index is 13.5. The number of hydrogen-bond donors (Lipinski definition) is 1. The number of halogens is 2. The molecule has 0 aliphatic heterocycles. The van der Waals surface area contributed by atoms with Gasteiger partial charge in [-0.15, -0.1) is 0 Å². The lowest BCUT2D eigenvalue weighted by molar-refractivity contribution is -0.124. The minimum absolute atomic E-state index is 0.186. The molecule has 4 nitrogen and oxygen atoms in total. The Balaban J connectivity index is 1.75. The number of rotatable bonds is 5. The number of amides is 1. The summed E-state index contributed by atoms with van der Waals surface area (Å²) in [7, 11) is 0. The van der Waals surface area contributed by atoms with Crippen molar-refractivity contribution < 1.29 is 18.7 Å². The molecule has 22 heavy (non-hydrogen) atoms. The summed E-state index contributed by atoms with van der Waals surface area (Å²) in [4.78, 5) is 23.4. The molecule has 1 aromatic rings. The summed E-state index contributed by atoms with van der Waals surface area (Å²) >= 11 is 3.16. The Morgan fingerprint density at radius 1 is 1.27 bits per heavy atom. The van der Waals surface area contributed by atoms with Gasteiger partial charge in [0.05, 0.1) is 5.56 Å². The molecular formula is C16H19BrFNO3. The number of nitrogens with one attached hydrogen (secondary N) is 1. The van der Waals surface area contributed by atoms with Gasteiger partial charge in [0.2, 0.25) is 0 Å². The van der Waals surface area contributed by atoms with Crippen LogP contribution in [0.3, 0.4) is 0 Å². The van der Waals surface area contributed by atoms with Gasteiger partial charge >= 0.3 is 5.97 Å². The van der Waals surface area contributed by atoms with Gasteiger partial charge in [-0.1, -0.05) is 35.2 Å². The third-order valence-electron chi connectivity index (χ3n) is 3.80. The molecule has 1 amide bonds. The second-order valence-electron chi connectivity index (χ2n) is 5.51. The minimum Gasteiger partial charge on any atom is -0.452 e. The Labute approximate surface area is 137 Å². The van der Waals surface area contributed by atoms with Crippen molar-refractivity contribution in [2.45, 2.75) is 32.1 Å². The maximum Gasteiger partial charge on any atom is 0.341 e. The third kappa shape index (κ3) is 5.09. The van der Waals surface area contributed by atoms with Crippen LogP contribution in [0.2, 0.25) is 0 Å². The van der Waals surface area contributed by atoms with Crippen molar-refractivity contribution in [2.24, 2.45) is 5.92 Å². The summed E-state index contributed by atoms with van der Waals surface area (Å²) in [5.41, 5.74) is -0.186. The SMILES string of the molecule is O=C(COC(=O)c1cc(Br)ccc1F)NCC1CCCCC1. The van der Waals surface area contributed by atoms with E-state index >= 15 is 0 Å². The fourth-order valence-corrected chi connectivity index (χ4v) is 2.92. The van der Waals surface area contributed by atoms with Gasteiger partial charge in [-0.3, -0.25) is 4.79 Å². The Morgan fingerprint density at radius 3 is 2.73 bits per heavy atom. The van der Waals surface area contributed by atoms with Gasteiger partial charge in [0.25, 0.3) is 5.91 Å². The van der Waals surface area contributed by atoms with Crippen LogP contribution in [0, 0.1) is 11.7 Å². The van der Waals surface area contributed by atoms with Crippen LogP contribution >= 0.6 is 15.9 Å². The first kappa shape index (κ1) is 16.9. The Bertz CT molecular complexity index is 544. The largest absolute Gasteiger partial charge is 0.452 e. The van der Waals surface area contributed by atoms with Crippen molar-refractivity contribution >= 4 is 27.8 Å². The highest BCUT2D eigenvalue weighted by atomic mass is 79.9. The highest BCUT2D eigenvalue weighted by Gasteiger charge is 2.17. The monoisotopic (exact) mass is 371 g/mol. The Hall–Kier alpha value is -1.43. The quantitative estimate of drug-likeness (QED) is 0.806. The molecule has 0 unspecified atom stereocenters. The molecule has 0 aromatic heterocycles. The molecule has 6 heteroatoms. The van der Waals surface area contributed by atoms with E-state index in [1.54, 1.807) is 0 Å². The van der Waals surface area contributed by atoms with Gasteiger partial charge in [0.1, 0.15) is 5.82 Å². The molecular weight excluding hydrogens is 353 g/mol. The van der Waals surface area contributed by atoms with Crippen molar-refractivity contribution in [3.8, 4) is 0 Å². The zero-order valence-electron chi connectivity index (χ0n) is 12.2. The third-order valence-corrected chi connectivity index (χ3v) is 4.29. The summed E-state index contributed by atoms with van der Waals surface area (Å²) in [5.74, 6) is -1.35. The van der Waals surface area contributed by atoms with E-state index in [2.05, 4.69) is 21.2 Å². The molecule has 1 N–H and O–H groups in total.